The van der Waals surface area contributed by atoms with Crippen molar-refractivity contribution in [3.05, 3.63) is 85.1 Å². The molecule has 1 saturated carbocycles. The van der Waals surface area contributed by atoms with E-state index in [1.54, 1.807) is 0 Å². The third-order valence-corrected chi connectivity index (χ3v) is 10.1. The number of aliphatic hydroxyl groups is 5. The van der Waals surface area contributed by atoms with Crippen LogP contribution in [-0.2, 0) is 32.7 Å². The Kier molecular flexibility index (Phi) is 30.9. The van der Waals surface area contributed by atoms with Crippen molar-refractivity contribution in [3.8, 4) is 0 Å². The second-order valence-electron chi connectivity index (χ2n) is 14.2. The third kappa shape index (κ3) is 26.2. The van der Waals surface area contributed by atoms with E-state index in [0.717, 1.165) is 83.5 Å². The summed E-state index contributed by atoms with van der Waals surface area (Å²) in [4.78, 5) is 35.6. The van der Waals surface area contributed by atoms with Gasteiger partial charge in [-0.15, -0.1) is 0 Å². The van der Waals surface area contributed by atoms with Crippen molar-refractivity contribution < 1.29 is 63.1 Å². The Hall–Kier alpha value is -2.97. The number of phosphoric acid groups is 1. The summed E-state index contributed by atoms with van der Waals surface area (Å²) in [5.41, 5.74) is 0. The zero-order valence-corrected chi connectivity index (χ0v) is 35.4. The van der Waals surface area contributed by atoms with Crippen molar-refractivity contribution in [1.82, 2.24) is 0 Å². The van der Waals surface area contributed by atoms with Gasteiger partial charge in [0.25, 0.3) is 0 Å². The van der Waals surface area contributed by atoms with Crippen LogP contribution in [0.4, 0.5) is 0 Å². The average molecular weight is 839 g/mol. The molecular formula is C44H71O13P. The number of rotatable bonds is 32. The molecule has 14 heteroatoms. The minimum absolute atomic E-state index is 0.0425. The highest BCUT2D eigenvalue weighted by Gasteiger charge is 2.51. The molecule has 0 aromatic carbocycles. The fourth-order valence-electron chi connectivity index (χ4n) is 5.72. The normalized spacial score (nSPS) is 23.4. The molecule has 8 atom stereocenters. The SMILES string of the molecule is CC/C=C/C=C/C=C/C=C/CCCCCC(=O)OC(COC(=O)CCCCCCCC/C=C/C/C=C/C/C=C/CC)COP(=O)(O)OC1C(O)C(O)C(O)[C@H](O)C1O. The topological polar surface area (TPSA) is 210 Å². The predicted octanol–water partition coefficient (Wildman–Crippen LogP) is 7.33. The van der Waals surface area contributed by atoms with E-state index in [4.69, 9.17) is 18.5 Å². The molecule has 0 aromatic rings. The van der Waals surface area contributed by atoms with Crippen LogP contribution < -0.4 is 0 Å². The van der Waals surface area contributed by atoms with Crippen LogP contribution in [0, 0.1) is 0 Å². The Morgan fingerprint density at radius 2 is 1.02 bits per heavy atom. The highest BCUT2D eigenvalue weighted by molar-refractivity contribution is 7.47. The lowest BCUT2D eigenvalue weighted by atomic mass is 9.85. The van der Waals surface area contributed by atoms with Gasteiger partial charge in [0.2, 0.25) is 0 Å². The number of carbonyl (C=O) groups is 2. The van der Waals surface area contributed by atoms with E-state index in [9.17, 15) is 44.6 Å². The van der Waals surface area contributed by atoms with Gasteiger partial charge in [-0.25, -0.2) is 4.57 Å². The number of phosphoric ester groups is 1. The highest BCUT2D eigenvalue weighted by atomic mass is 31.2. The summed E-state index contributed by atoms with van der Waals surface area (Å²) >= 11 is 0. The van der Waals surface area contributed by atoms with Crippen molar-refractivity contribution >= 4 is 19.8 Å². The summed E-state index contributed by atoms with van der Waals surface area (Å²) in [5.74, 6) is -1.17. The van der Waals surface area contributed by atoms with Gasteiger partial charge in [-0.1, -0.05) is 131 Å². The summed E-state index contributed by atoms with van der Waals surface area (Å²) in [7, 11) is -5.13. The first kappa shape index (κ1) is 53.0. The molecule has 1 rings (SSSR count). The van der Waals surface area contributed by atoms with Gasteiger partial charge < -0.3 is 39.9 Å². The molecule has 0 bridgehead atoms. The summed E-state index contributed by atoms with van der Waals surface area (Å²) < 4.78 is 33.4. The second kappa shape index (κ2) is 33.8. The molecule has 0 amide bonds. The van der Waals surface area contributed by atoms with Crippen molar-refractivity contribution in [2.24, 2.45) is 0 Å². The Balaban J connectivity index is 2.54. The van der Waals surface area contributed by atoms with Crippen LogP contribution in [-0.4, -0.2) is 98.3 Å². The fraction of sp³-hybridized carbons (Fsp3) is 0.636. The maximum Gasteiger partial charge on any atom is 0.472 e. The molecule has 0 radical (unpaired) electrons. The summed E-state index contributed by atoms with van der Waals surface area (Å²) in [5, 5.41) is 50.0. The summed E-state index contributed by atoms with van der Waals surface area (Å²) in [6, 6.07) is 0. The van der Waals surface area contributed by atoms with Crippen LogP contribution >= 0.6 is 7.82 Å². The molecule has 0 saturated heterocycles. The molecule has 1 aliphatic carbocycles. The van der Waals surface area contributed by atoms with Gasteiger partial charge in [-0.3, -0.25) is 18.6 Å². The van der Waals surface area contributed by atoms with Gasteiger partial charge in [0.1, 0.15) is 43.2 Å². The lowest BCUT2D eigenvalue weighted by molar-refractivity contribution is -0.220. The Bertz CT molecular complexity index is 1340. The third-order valence-electron chi connectivity index (χ3n) is 9.08. The summed E-state index contributed by atoms with van der Waals surface area (Å²) in [6.07, 6.45) is 29.4. The average Bonchev–Trinajstić information content (AvgIpc) is 3.20. The molecule has 58 heavy (non-hydrogen) atoms. The minimum atomic E-state index is -5.13. The minimum Gasteiger partial charge on any atom is -0.462 e. The van der Waals surface area contributed by atoms with Crippen LogP contribution in [0.1, 0.15) is 123 Å². The standard InChI is InChI=1S/C44H71O13P/c1-3-5-7-9-11-13-15-17-18-19-21-22-24-26-28-30-32-37(45)54-34-36(35-55-58(52,53)57-44-42(50)40(48)39(47)41(49)43(44)51)56-38(46)33-31-29-27-25-23-20-16-14-12-10-8-6-4-2/h5-8,10-14,16-18,20,23,36,39-44,47-51H,3-4,9,15,19,21-22,24-35H2,1-2H3,(H,52,53)/b7-5+,8-6+,12-10+,13-11+,16-14+,18-17+,23-20+/t36?,39?,40-,41?,42?,43?,44?/m0/s1. The van der Waals surface area contributed by atoms with Crippen molar-refractivity contribution in [1.29, 1.82) is 0 Å². The van der Waals surface area contributed by atoms with Gasteiger partial charge in [-0.2, -0.15) is 0 Å². The largest absolute Gasteiger partial charge is 0.472 e. The lowest BCUT2D eigenvalue weighted by Gasteiger charge is -2.41. The predicted molar refractivity (Wildman–Crippen MR) is 225 cm³/mol. The van der Waals surface area contributed by atoms with E-state index in [0.29, 0.717) is 12.8 Å². The molecule has 1 fully saturated rings. The fourth-order valence-corrected chi connectivity index (χ4v) is 6.69. The quantitative estimate of drug-likeness (QED) is 0.0129. The molecule has 330 valence electrons. The van der Waals surface area contributed by atoms with E-state index in [1.807, 2.05) is 42.5 Å². The molecule has 7 unspecified atom stereocenters. The summed E-state index contributed by atoms with van der Waals surface area (Å²) in [6.45, 7) is 2.97. The van der Waals surface area contributed by atoms with E-state index in [2.05, 4.69) is 56.4 Å². The first-order chi connectivity index (χ1) is 27.9. The Morgan fingerprint density at radius 3 is 1.64 bits per heavy atom. The maximum atomic E-state index is 12.8. The molecule has 6 N–H and O–H groups in total. The molecule has 1 aliphatic rings. The molecular weight excluding hydrogens is 767 g/mol. The van der Waals surface area contributed by atoms with Crippen LogP contribution in [0.2, 0.25) is 0 Å². The highest BCUT2D eigenvalue weighted by Crippen LogP contribution is 2.47. The van der Waals surface area contributed by atoms with E-state index in [-0.39, 0.29) is 12.8 Å². The van der Waals surface area contributed by atoms with Crippen LogP contribution in [0.5, 0.6) is 0 Å². The van der Waals surface area contributed by atoms with E-state index in [1.165, 1.54) is 0 Å². The smallest absolute Gasteiger partial charge is 0.462 e. The van der Waals surface area contributed by atoms with E-state index >= 15 is 0 Å². The zero-order valence-electron chi connectivity index (χ0n) is 34.5. The number of ether oxygens (including phenoxy) is 2. The number of unbranched alkanes of at least 4 members (excludes halogenated alkanes) is 9. The van der Waals surface area contributed by atoms with Gasteiger partial charge in [0.05, 0.1) is 6.61 Å². The molecule has 0 heterocycles. The number of hydrogen-bond donors (Lipinski definition) is 6. The monoisotopic (exact) mass is 838 g/mol. The number of esters is 2. The van der Waals surface area contributed by atoms with Gasteiger partial charge in [-0.05, 0) is 64.2 Å². The van der Waals surface area contributed by atoms with E-state index < -0.39 is 75.7 Å². The van der Waals surface area contributed by atoms with Crippen LogP contribution in [0.25, 0.3) is 0 Å². The molecule has 0 aromatic heterocycles. The zero-order chi connectivity index (χ0) is 42.9. The molecule has 0 spiro atoms. The number of carbonyl (C=O) groups excluding carboxylic acids is 2. The number of aliphatic hydroxyl groups excluding tert-OH is 5. The number of hydrogen-bond acceptors (Lipinski definition) is 12. The molecule has 13 nitrogen and oxygen atoms in total. The van der Waals surface area contributed by atoms with Gasteiger partial charge >= 0.3 is 19.8 Å². The Morgan fingerprint density at radius 1 is 0.552 bits per heavy atom. The van der Waals surface area contributed by atoms with Crippen LogP contribution in [0.15, 0.2) is 85.1 Å². The van der Waals surface area contributed by atoms with Crippen molar-refractivity contribution in [2.45, 2.75) is 166 Å². The first-order valence-electron chi connectivity index (χ1n) is 20.9. The number of allylic oxidation sites excluding steroid dienone is 14. The Labute approximate surface area is 346 Å². The van der Waals surface area contributed by atoms with Crippen molar-refractivity contribution in [3.63, 3.8) is 0 Å². The maximum absolute atomic E-state index is 12.8. The van der Waals surface area contributed by atoms with Gasteiger partial charge in [0, 0.05) is 12.8 Å². The second-order valence-corrected chi connectivity index (χ2v) is 15.6. The first-order valence-corrected chi connectivity index (χ1v) is 22.4. The van der Waals surface area contributed by atoms with Gasteiger partial charge in [0.15, 0.2) is 6.10 Å². The van der Waals surface area contributed by atoms with Crippen LogP contribution in [0.3, 0.4) is 0 Å². The van der Waals surface area contributed by atoms with Crippen molar-refractivity contribution in [2.75, 3.05) is 13.2 Å². The lowest BCUT2D eigenvalue weighted by Crippen LogP contribution is -2.64. The molecule has 0 aliphatic heterocycles.